The molecule has 3 nitrogen and oxygen atoms in total. The van der Waals surface area contributed by atoms with Crippen LogP contribution in [0.2, 0.25) is 0 Å². The molecule has 0 N–H and O–H groups in total. The van der Waals surface area contributed by atoms with Gasteiger partial charge in [-0.05, 0) is 32.4 Å². The molecule has 0 aliphatic carbocycles. The number of hydrogen-bond donors (Lipinski definition) is 0. The molecule has 0 saturated carbocycles. The van der Waals surface area contributed by atoms with Gasteiger partial charge in [0.15, 0.2) is 0 Å². The molecule has 92 valence electrons. The van der Waals surface area contributed by atoms with Crippen molar-refractivity contribution in [3.63, 3.8) is 0 Å². The number of carbonyl (C=O) groups excluding carboxylic acids is 1. The van der Waals surface area contributed by atoms with Gasteiger partial charge >= 0.3 is 0 Å². The van der Waals surface area contributed by atoms with Crippen molar-refractivity contribution in [3.8, 4) is 0 Å². The Kier molecular flexibility index (Phi) is 2.91. The van der Waals surface area contributed by atoms with Gasteiger partial charge in [-0.1, -0.05) is 18.2 Å². The highest BCUT2D eigenvalue weighted by molar-refractivity contribution is 6.02. The van der Waals surface area contributed by atoms with E-state index in [4.69, 9.17) is 4.84 Å². The van der Waals surface area contributed by atoms with E-state index in [0.717, 1.165) is 5.56 Å². The molecule has 1 amide bonds. The molecular formula is C13H16FNO2. The Hall–Kier alpha value is -1.42. The number of fused-ring (bicyclic) bond motifs is 1. The summed E-state index contributed by atoms with van der Waals surface area (Å²) in [7, 11) is 0. The van der Waals surface area contributed by atoms with Gasteiger partial charge in [0.2, 0.25) is 0 Å². The van der Waals surface area contributed by atoms with Gasteiger partial charge in [-0.3, -0.25) is 9.63 Å². The van der Waals surface area contributed by atoms with Crippen LogP contribution >= 0.6 is 0 Å². The molecule has 2 rings (SSSR count). The second-order valence-corrected chi connectivity index (χ2v) is 4.91. The van der Waals surface area contributed by atoms with E-state index in [0.29, 0.717) is 5.69 Å². The van der Waals surface area contributed by atoms with Crippen molar-refractivity contribution in [2.24, 2.45) is 0 Å². The maximum absolute atomic E-state index is 13.4. The number of rotatable bonds is 3. The molecule has 0 saturated heterocycles. The molecule has 0 bridgehead atoms. The minimum Gasteiger partial charge on any atom is -0.271 e. The Bertz CT molecular complexity index is 439. The molecule has 1 heterocycles. The monoisotopic (exact) mass is 237 g/mol. The third kappa shape index (κ3) is 2.31. The van der Waals surface area contributed by atoms with Crippen LogP contribution in [0.5, 0.6) is 0 Å². The predicted octanol–water partition coefficient (Wildman–Crippen LogP) is 2.82. The van der Waals surface area contributed by atoms with Crippen LogP contribution in [0.25, 0.3) is 0 Å². The fourth-order valence-electron chi connectivity index (χ4n) is 1.82. The van der Waals surface area contributed by atoms with Gasteiger partial charge in [0.05, 0.1) is 11.6 Å². The van der Waals surface area contributed by atoms with E-state index < -0.39 is 5.67 Å². The van der Waals surface area contributed by atoms with Crippen LogP contribution in [-0.2, 0) is 9.63 Å². The van der Waals surface area contributed by atoms with Gasteiger partial charge in [0, 0.05) is 0 Å². The van der Waals surface area contributed by atoms with Crippen LogP contribution in [0.1, 0.15) is 32.3 Å². The average Bonchev–Trinajstić information content (AvgIpc) is 2.49. The lowest BCUT2D eigenvalue weighted by Gasteiger charge is -2.21. The van der Waals surface area contributed by atoms with Crippen LogP contribution in [-0.4, -0.2) is 18.2 Å². The summed E-state index contributed by atoms with van der Waals surface area (Å²) in [5.74, 6) is -0.371. The molecule has 0 radical (unpaired) electrons. The highest BCUT2D eigenvalue weighted by Crippen LogP contribution is 2.37. The quantitative estimate of drug-likeness (QED) is 0.809. The largest absolute Gasteiger partial charge is 0.271 e. The summed E-state index contributed by atoms with van der Waals surface area (Å²) < 4.78 is 13.4. The Balaban J connectivity index is 2.21. The predicted molar refractivity (Wildman–Crippen MR) is 63.5 cm³/mol. The van der Waals surface area contributed by atoms with Crippen molar-refractivity contribution < 1.29 is 14.0 Å². The number of alkyl halides is 1. The van der Waals surface area contributed by atoms with Crippen molar-refractivity contribution in [1.29, 1.82) is 0 Å². The zero-order valence-electron chi connectivity index (χ0n) is 10.2. The Morgan fingerprint density at radius 1 is 1.41 bits per heavy atom. The SMILES string of the molecule is CC1C(=O)N(OCC(C)(C)F)c2ccccc21. The molecule has 1 aromatic carbocycles. The number of anilines is 1. The van der Waals surface area contributed by atoms with E-state index in [1.54, 1.807) is 0 Å². The Morgan fingerprint density at radius 2 is 2.06 bits per heavy atom. The number of amides is 1. The summed E-state index contributed by atoms with van der Waals surface area (Å²) >= 11 is 0. The van der Waals surface area contributed by atoms with Crippen LogP contribution in [0.3, 0.4) is 0 Å². The van der Waals surface area contributed by atoms with Crippen LogP contribution in [0, 0.1) is 0 Å². The summed E-state index contributed by atoms with van der Waals surface area (Å²) in [5.41, 5.74) is 0.185. The standard InChI is InChI=1S/C13H16FNO2/c1-9-10-6-4-5-7-11(10)15(12(9)16)17-8-13(2,3)14/h4-7,9H,8H2,1-3H3. The molecule has 17 heavy (non-hydrogen) atoms. The van der Waals surface area contributed by atoms with Crippen molar-refractivity contribution >= 4 is 11.6 Å². The summed E-state index contributed by atoms with van der Waals surface area (Å²) in [5, 5.41) is 1.21. The fraction of sp³-hybridized carbons (Fsp3) is 0.462. The van der Waals surface area contributed by atoms with Gasteiger partial charge in [-0.15, -0.1) is 0 Å². The highest BCUT2D eigenvalue weighted by atomic mass is 19.1. The minimum atomic E-state index is -1.46. The van der Waals surface area contributed by atoms with Crippen molar-refractivity contribution in [1.82, 2.24) is 0 Å². The van der Waals surface area contributed by atoms with Crippen molar-refractivity contribution in [2.45, 2.75) is 32.4 Å². The van der Waals surface area contributed by atoms with Gasteiger partial charge in [-0.2, -0.15) is 5.06 Å². The lowest BCUT2D eigenvalue weighted by molar-refractivity contribution is -0.127. The van der Waals surface area contributed by atoms with E-state index >= 15 is 0 Å². The number of carbonyl (C=O) groups is 1. The number of nitrogens with zero attached hydrogens (tertiary/aromatic N) is 1. The first-order chi connectivity index (χ1) is 7.90. The molecule has 0 aromatic heterocycles. The molecular weight excluding hydrogens is 221 g/mol. The van der Waals surface area contributed by atoms with Crippen LogP contribution < -0.4 is 5.06 Å². The first-order valence-electron chi connectivity index (χ1n) is 5.65. The highest BCUT2D eigenvalue weighted by Gasteiger charge is 2.35. The van der Waals surface area contributed by atoms with Crippen LogP contribution in [0.4, 0.5) is 10.1 Å². The summed E-state index contributed by atoms with van der Waals surface area (Å²) in [6, 6.07) is 7.41. The second kappa shape index (κ2) is 4.11. The summed E-state index contributed by atoms with van der Waals surface area (Å²) in [6.07, 6.45) is 0. The third-order valence-electron chi connectivity index (χ3n) is 2.73. The second-order valence-electron chi connectivity index (χ2n) is 4.91. The lowest BCUT2D eigenvalue weighted by Crippen LogP contribution is -2.33. The van der Waals surface area contributed by atoms with E-state index in [2.05, 4.69) is 0 Å². The molecule has 1 unspecified atom stereocenters. The number of hydrogen-bond acceptors (Lipinski definition) is 2. The van der Waals surface area contributed by atoms with Gasteiger partial charge in [0.1, 0.15) is 12.3 Å². The van der Waals surface area contributed by atoms with E-state index in [1.165, 1.54) is 18.9 Å². The number of benzene rings is 1. The molecule has 1 aromatic rings. The van der Waals surface area contributed by atoms with Crippen LogP contribution in [0.15, 0.2) is 24.3 Å². The first-order valence-corrected chi connectivity index (χ1v) is 5.65. The Labute approximate surface area is 100 Å². The van der Waals surface area contributed by atoms with Crippen molar-refractivity contribution in [2.75, 3.05) is 11.7 Å². The summed E-state index contributed by atoms with van der Waals surface area (Å²) in [6.45, 7) is 4.52. The van der Waals surface area contributed by atoms with Crippen molar-refractivity contribution in [3.05, 3.63) is 29.8 Å². The average molecular weight is 237 g/mol. The first kappa shape index (κ1) is 12.0. The van der Waals surface area contributed by atoms with Gasteiger partial charge in [0.25, 0.3) is 5.91 Å². The molecule has 1 aliphatic heterocycles. The minimum absolute atomic E-state index is 0.139. The molecule has 0 fully saturated rings. The van der Waals surface area contributed by atoms with E-state index in [-0.39, 0.29) is 18.4 Å². The number of halogens is 1. The summed E-state index contributed by atoms with van der Waals surface area (Å²) in [4.78, 5) is 17.2. The number of hydroxylamine groups is 1. The number of para-hydroxylation sites is 1. The molecule has 1 atom stereocenters. The zero-order valence-corrected chi connectivity index (χ0v) is 10.2. The molecule has 1 aliphatic rings. The maximum atomic E-state index is 13.4. The molecule has 4 heteroatoms. The molecule has 0 spiro atoms. The Morgan fingerprint density at radius 3 is 2.71 bits per heavy atom. The van der Waals surface area contributed by atoms with E-state index in [9.17, 15) is 9.18 Å². The lowest BCUT2D eigenvalue weighted by atomic mass is 10.0. The normalized spacial score (nSPS) is 19.6. The van der Waals surface area contributed by atoms with E-state index in [1.807, 2.05) is 31.2 Å². The maximum Gasteiger partial charge on any atom is 0.258 e. The topological polar surface area (TPSA) is 29.5 Å². The zero-order chi connectivity index (χ0) is 12.6. The third-order valence-corrected chi connectivity index (χ3v) is 2.73. The smallest absolute Gasteiger partial charge is 0.258 e. The van der Waals surface area contributed by atoms with Gasteiger partial charge < -0.3 is 0 Å². The van der Waals surface area contributed by atoms with Gasteiger partial charge in [-0.25, -0.2) is 4.39 Å². The fourth-order valence-corrected chi connectivity index (χ4v) is 1.82.